The topological polar surface area (TPSA) is 38.7 Å². The highest BCUT2D eigenvalue weighted by molar-refractivity contribution is 7.22. The lowest BCUT2D eigenvalue weighted by Gasteiger charge is -2.11. The molecule has 0 spiro atoms. The Kier molecular flexibility index (Phi) is 7.02. The van der Waals surface area contributed by atoms with Gasteiger partial charge in [0.1, 0.15) is 5.01 Å². The molecule has 2 aromatic heterocycles. The van der Waals surface area contributed by atoms with E-state index in [2.05, 4.69) is 133 Å². The first kappa shape index (κ1) is 26.9. The summed E-state index contributed by atoms with van der Waals surface area (Å²) < 4.78 is 1.19. The predicted molar refractivity (Wildman–Crippen MR) is 188 cm³/mol. The van der Waals surface area contributed by atoms with E-state index in [1.165, 1.54) is 21.4 Å². The lowest BCUT2D eigenvalue weighted by atomic mass is 10.0. The molecule has 6 aromatic carbocycles. The van der Waals surface area contributed by atoms with Gasteiger partial charge in [0, 0.05) is 27.8 Å². The average molecular weight is 594 g/mol. The monoisotopic (exact) mass is 593 g/mol. The average Bonchev–Trinajstić information content (AvgIpc) is 3.58. The summed E-state index contributed by atoms with van der Waals surface area (Å²) in [5, 5.41) is 1.04. The largest absolute Gasteiger partial charge is 0.236 e. The highest BCUT2D eigenvalue weighted by Gasteiger charge is 2.14. The number of benzene rings is 6. The first-order chi connectivity index (χ1) is 22.3. The summed E-state index contributed by atoms with van der Waals surface area (Å²) in [4.78, 5) is 15.0. The Morgan fingerprint density at radius 2 is 0.844 bits per heavy atom. The van der Waals surface area contributed by atoms with Crippen molar-refractivity contribution in [2.24, 2.45) is 0 Å². The second kappa shape index (κ2) is 11.8. The van der Waals surface area contributed by atoms with E-state index in [1.807, 2.05) is 30.3 Å². The van der Waals surface area contributed by atoms with Crippen molar-refractivity contribution in [2.75, 3.05) is 0 Å². The van der Waals surface area contributed by atoms with E-state index in [0.717, 1.165) is 49.7 Å². The normalized spacial score (nSPS) is 11.1. The summed E-state index contributed by atoms with van der Waals surface area (Å²) in [6.07, 6.45) is 0. The van der Waals surface area contributed by atoms with Crippen molar-refractivity contribution in [1.29, 1.82) is 0 Å². The van der Waals surface area contributed by atoms with E-state index < -0.39 is 0 Å². The number of fused-ring (bicyclic) bond motifs is 1. The molecule has 45 heavy (non-hydrogen) atoms. The molecule has 0 amide bonds. The van der Waals surface area contributed by atoms with Crippen LogP contribution in [-0.2, 0) is 0 Å². The van der Waals surface area contributed by atoms with Crippen molar-refractivity contribution in [2.45, 2.75) is 0 Å². The van der Waals surface area contributed by atoms with Crippen LogP contribution in [-0.4, -0.2) is 15.0 Å². The second-order valence-electron chi connectivity index (χ2n) is 10.9. The molecule has 0 radical (unpaired) electrons. The number of rotatable bonds is 6. The van der Waals surface area contributed by atoms with E-state index in [9.17, 15) is 0 Å². The fourth-order valence-electron chi connectivity index (χ4n) is 5.62. The van der Waals surface area contributed by atoms with Gasteiger partial charge in [0.25, 0.3) is 0 Å². The van der Waals surface area contributed by atoms with Crippen LogP contribution in [0.2, 0.25) is 0 Å². The van der Waals surface area contributed by atoms with Gasteiger partial charge in [-0.3, -0.25) is 0 Å². The third-order valence-electron chi connectivity index (χ3n) is 7.97. The molecule has 4 heteroatoms. The van der Waals surface area contributed by atoms with Crippen LogP contribution in [0.15, 0.2) is 164 Å². The maximum Gasteiger partial charge on any atom is 0.160 e. The summed E-state index contributed by atoms with van der Waals surface area (Å²) in [5.41, 5.74) is 11.7. The standard InChI is InChI=1S/C41H27N3S/c1-4-11-28(12-5-1)29-19-23-31(24-20-29)37-27-38(43-40(42-37)33-13-6-2-7-14-33)32-25-21-30(22-26-32)35-17-10-18-36-39(35)45-41(44-36)34-15-8-3-9-16-34/h1-27H. The van der Waals surface area contributed by atoms with Gasteiger partial charge in [-0.25, -0.2) is 15.0 Å². The Labute approximate surface area is 266 Å². The second-order valence-corrected chi connectivity index (χ2v) is 11.9. The van der Waals surface area contributed by atoms with Crippen LogP contribution in [0.25, 0.3) is 76.9 Å². The van der Waals surface area contributed by atoms with Crippen molar-refractivity contribution in [3.05, 3.63) is 164 Å². The molecule has 0 unspecified atom stereocenters. The Morgan fingerprint density at radius 3 is 1.44 bits per heavy atom. The van der Waals surface area contributed by atoms with Crippen molar-refractivity contribution in [1.82, 2.24) is 15.0 Å². The minimum atomic E-state index is 0.710. The molecule has 0 fully saturated rings. The van der Waals surface area contributed by atoms with Crippen LogP contribution < -0.4 is 0 Å². The van der Waals surface area contributed by atoms with Gasteiger partial charge in [-0.05, 0) is 28.8 Å². The summed E-state index contributed by atoms with van der Waals surface area (Å²) >= 11 is 1.74. The maximum atomic E-state index is 5.03. The lowest BCUT2D eigenvalue weighted by Crippen LogP contribution is -1.96. The smallest absolute Gasteiger partial charge is 0.160 e. The molecule has 0 saturated carbocycles. The summed E-state index contributed by atoms with van der Waals surface area (Å²) in [6.45, 7) is 0. The number of thiazole rings is 1. The molecule has 2 heterocycles. The summed E-state index contributed by atoms with van der Waals surface area (Å²) in [7, 11) is 0. The Balaban J connectivity index is 1.17. The van der Waals surface area contributed by atoms with E-state index in [4.69, 9.17) is 15.0 Å². The molecule has 0 aliphatic rings. The number of hydrogen-bond donors (Lipinski definition) is 0. The number of aromatic nitrogens is 3. The van der Waals surface area contributed by atoms with Crippen LogP contribution >= 0.6 is 11.3 Å². The van der Waals surface area contributed by atoms with Gasteiger partial charge in [0.15, 0.2) is 5.82 Å². The zero-order chi connectivity index (χ0) is 30.0. The molecule has 212 valence electrons. The first-order valence-corrected chi connectivity index (χ1v) is 15.8. The van der Waals surface area contributed by atoms with Gasteiger partial charge in [0.05, 0.1) is 21.6 Å². The minimum Gasteiger partial charge on any atom is -0.236 e. The Morgan fingerprint density at radius 1 is 0.356 bits per heavy atom. The highest BCUT2D eigenvalue weighted by Crippen LogP contribution is 2.38. The zero-order valence-electron chi connectivity index (χ0n) is 24.3. The third kappa shape index (κ3) is 5.44. The molecule has 8 rings (SSSR count). The molecule has 0 N–H and O–H groups in total. The van der Waals surface area contributed by atoms with Gasteiger partial charge in [-0.2, -0.15) is 0 Å². The molecule has 8 aromatic rings. The molecule has 0 aliphatic carbocycles. The molecule has 0 atom stereocenters. The predicted octanol–water partition coefficient (Wildman–Crippen LogP) is 11.1. The van der Waals surface area contributed by atoms with Crippen LogP contribution in [0.5, 0.6) is 0 Å². The molecular weight excluding hydrogens is 567 g/mol. The maximum absolute atomic E-state index is 5.03. The zero-order valence-corrected chi connectivity index (χ0v) is 25.2. The fraction of sp³-hybridized carbons (Fsp3) is 0. The van der Waals surface area contributed by atoms with Gasteiger partial charge < -0.3 is 0 Å². The highest BCUT2D eigenvalue weighted by atomic mass is 32.1. The van der Waals surface area contributed by atoms with Crippen LogP contribution in [0.1, 0.15) is 0 Å². The van der Waals surface area contributed by atoms with E-state index in [-0.39, 0.29) is 0 Å². The third-order valence-corrected chi connectivity index (χ3v) is 9.13. The molecule has 0 saturated heterocycles. The van der Waals surface area contributed by atoms with Crippen molar-refractivity contribution < 1.29 is 0 Å². The fourth-order valence-corrected chi connectivity index (χ4v) is 6.73. The summed E-state index contributed by atoms with van der Waals surface area (Å²) in [5.74, 6) is 0.710. The van der Waals surface area contributed by atoms with Gasteiger partial charge in [-0.15, -0.1) is 11.3 Å². The van der Waals surface area contributed by atoms with Crippen molar-refractivity contribution in [3.63, 3.8) is 0 Å². The van der Waals surface area contributed by atoms with Crippen LogP contribution in [0.4, 0.5) is 0 Å². The molecular formula is C41H27N3S. The quantitative estimate of drug-likeness (QED) is 0.192. The molecule has 0 bridgehead atoms. The Hall–Kier alpha value is -5.71. The van der Waals surface area contributed by atoms with Gasteiger partial charge in [-0.1, -0.05) is 152 Å². The summed E-state index contributed by atoms with van der Waals surface area (Å²) in [6, 6.07) is 56.8. The van der Waals surface area contributed by atoms with E-state index in [0.29, 0.717) is 5.82 Å². The van der Waals surface area contributed by atoms with Crippen LogP contribution in [0, 0.1) is 0 Å². The van der Waals surface area contributed by atoms with Crippen molar-refractivity contribution in [3.8, 4) is 66.7 Å². The number of nitrogens with zero attached hydrogens (tertiary/aromatic N) is 3. The van der Waals surface area contributed by atoms with Gasteiger partial charge >= 0.3 is 0 Å². The van der Waals surface area contributed by atoms with E-state index >= 15 is 0 Å². The Bertz CT molecular complexity index is 2220. The van der Waals surface area contributed by atoms with E-state index in [1.54, 1.807) is 11.3 Å². The molecule has 0 aliphatic heterocycles. The molecule has 3 nitrogen and oxygen atoms in total. The minimum absolute atomic E-state index is 0.710. The van der Waals surface area contributed by atoms with Crippen molar-refractivity contribution >= 4 is 21.6 Å². The number of hydrogen-bond acceptors (Lipinski definition) is 4. The first-order valence-electron chi connectivity index (χ1n) is 14.9. The van der Waals surface area contributed by atoms with Crippen LogP contribution in [0.3, 0.4) is 0 Å². The lowest BCUT2D eigenvalue weighted by molar-refractivity contribution is 1.18. The SMILES string of the molecule is c1ccc(-c2ccc(-c3cc(-c4ccc(-c5cccc6nc(-c7ccccc7)sc56)cc4)nc(-c4ccccc4)n3)cc2)cc1. The van der Waals surface area contributed by atoms with Gasteiger partial charge in [0.2, 0.25) is 0 Å².